The molecule has 0 saturated heterocycles. The summed E-state index contributed by atoms with van der Waals surface area (Å²) < 4.78 is 40.9. The minimum absolute atomic E-state index is 0.184. The summed E-state index contributed by atoms with van der Waals surface area (Å²) in [5, 5.41) is 0. The van der Waals surface area contributed by atoms with Crippen LogP contribution in [0.15, 0.2) is 78.0 Å². The molecule has 3 aromatic rings. The number of amides is 2. The highest BCUT2D eigenvalue weighted by molar-refractivity contribution is 7.89. The topological polar surface area (TPSA) is 109 Å². The lowest BCUT2D eigenvalue weighted by Gasteiger charge is -2.12. The Morgan fingerprint density at radius 1 is 0.897 bits per heavy atom. The van der Waals surface area contributed by atoms with Crippen LogP contribution in [0, 0.1) is 5.82 Å². The molecule has 0 unspecified atom stereocenters. The van der Waals surface area contributed by atoms with E-state index in [0.29, 0.717) is 11.3 Å². The Bertz CT molecular complexity index is 1110. The van der Waals surface area contributed by atoms with E-state index in [0.717, 1.165) is 24.3 Å². The van der Waals surface area contributed by atoms with Gasteiger partial charge in [-0.15, -0.1) is 0 Å². The second kappa shape index (κ2) is 8.67. The van der Waals surface area contributed by atoms with Gasteiger partial charge in [-0.05, 0) is 48.5 Å². The summed E-state index contributed by atoms with van der Waals surface area (Å²) in [6.45, 7) is -0.612. The molecule has 0 spiro atoms. The quantitative estimate of drug-likeness (QED) is 0.527. The van der Waals surface area contributed by atoms with Crippen molar-refractivity contribution in [2.75, 3.05) is 6.54 Å². The molecule has 0 fully saturated rings. The van der Waals surface area contributed by atoms with E-state index in [1.165, 1.54) is 0 Å². The number of sulfonamides is 1. The van der Waals surface area contributed by atoms with Crippen molar-refractivity contribution in [2.45, 2.75) is 4.90 Å². The predicted octanol–water partition coefficient (Wildman–Crippen LogP) is 1.36. The van der Waals surface area contributed by atoms with Gasteiger partial charge < -0.3 is 4.57 Å². The van der Waals surface area contributed by atoms with Crippen LogP contribution in [0.1, 0.15) is 10.4 Å². The lowest BCUT2D eigenvalue weighted by atomic mass is 10.1. The Hall–Kier alpha value is -3.50. The van der Waals surface area contributed by atoms with Crippen LogP contribution in [-0.4, -0.2) is 31.3 Å². The van der Waals surface area contributed by atoms with E-state index in [9.17, 15) is 22.4 Å². The summed E-state index contributed by atoms with van der Waals surface area (Å²) in [6.07, 6.45) is 3.55. The maximum absolute atomic E-state index is 12.9. The first-order valence-electron chi connectivity index (χ1n) is 8.43. The summed E-state index contributed by atoms with van der Waals surface area (Å²) in [5.41, 5.74) is 5.33. The summed E-state index contributed by atoms with van der Waals surface area (Å²) in [4.78, 5) is 24.1. The molecule has 0 aliphatic carbocycles. The highest BCUT2D eigenvalue weighted by Crippen LogP contribution is 2.14. The van der Waals surface area contributed by atoms with Gasteiger partial charge in [0, 0.05) is 12.4 Å². The van der Waals surface area contributed by atoms with Gasteiger partial charge in [-0.25, -0.2) is 17.5 Å². The second-order valence-corrected chi connectivity index (χ2v) is 7.66. The molecule has 0 saturated carbocycles. The van der Waals surface area contributed by atoms with E-state index >= 15 is 0 Å². The first-order valence-corrected chi connectivity index (χ1v) is 9.92. The number of carbonyl (C=O) groups excluding carboxylic acids is 2. The summed E-state index contributed by atoms with van der Waals surface area (Å²) in [5.74, 6) is -1.92. The Kier molecular flexibility index (Phi) is 6.05. The molecule has 1 heterocycles. The third-order valence-corrected chi connectivity index (χ3v) is 5.31. The van der Waals surface area contributed by atoms with Crippen molar-refractivity contribution in [2.24, 2.45) is 0 Å². The molecule has 0 aliphatic heterocycles. The zero-order valence-electron chi connectivity index (χ0n) is 15.0. The summed E-state index contributed by atoms with van der Waals surface area (Å²) >= 11 is 0. The number of hydrazine groups is 1. The molecule has 1 aromatic heterocycles. The third-order valence-electron chi connectivity index (χ3n) is 3.89. The minimum atomic E-state index is -3.99. The first-order chi connectivity index (χ1) is 13.9. The van der Waals surface area contributed by atoms with Gasteiger partial charge in [-0.1, -0.05) is 12.1 Å². The lowest BCUT2D eigenvalue weighted by molar-refractivity contribution is -0.120. The number of carbonyl (C=O) groups is 2. The van der Waals surface area contributed by atoms with Gasteiger partial charge >= 0.3 is 0 Å². The third kappa shape index (κ3) is 5.06. The van der Waals surface area contributed by atoms with Crippen LogP contribution in [0.2, 0.25) is 0 Å². The Morgan fingerprint density at radius 2 is 1.55 bits per heavy atom. The number of rotatable bonds is 6. The highest BCUT2D eigenvalue weighted by Gasteiger charge is 2.17. The number of nitrogens with one attached hydrogen (secondary N) is 3. The zero-order valence-corrected chi connectivity index (χ0v) is 15.8. The number of hydrogen-bond donors (Lipinski definition) is 3. The van der Waals surface area contributed by atoms with Gasteiger partial charge in [0.2, 0.25) is 10.0 Å². The van der Waals surface area contributed by atoms with Gasteiger partial charge in [0.25, 0.3) is 11.8 Å². The molecule has 8 nitrogen and oxygen atoms in total. The minimum Gasteiger partial charge on any atom is -0.323 e. The molecule has 0 atom stereocenters. The second-order valence-electron chi connectivity index (χ2n) is 5.89. The van der Waals surface area contributed by atoms with Gasteiger partial charge in [-0.3, -0.25) is 20.4 Å². The van der Waals surface area contributed by atoms with Crippen molar-refractivity contribution in [3.05, 3.63) is 84.4 Å². The molecule has 150 valence electrons. The van der Waals surface area contributed by atoms with Gasteiger partial charge in [0.05, 0.1) is 22.7 Å². The van der Waals surface area contributed by atoms with Crippen LogP contribution in [-0.2, 0) is 14.8 Å². The van der Waals surface area contributed by atoms with Crippen molar-refractivity contribution < 1.29 is 22.4 Å². The van der Waals surface area contributed by atoms with E-state index < -0.39 is 34.2 Å². The molecular weight excluding hydrogens is 399 g/mol. The van der Waals surface area contributed by atoms with Crippen LogP contribution in [0.5, 0.6) is 0 Å². The number of halogens is 1. The monoisotopic (exact) mass is 416 g/mol. The fourth-order valence-corrected chi connectivity index (χ4v) is 3.46. The highest BCUT2D eigenvalue weighted by atomic mass is 32.2. The standard InChI is InChI=1S/C19H17FN4O4S/c20-14-7-9-15(10-8-14)29(27,28)21-13-18(25)22-23-19(26)16-5-1-2-6-17(16)24-11-3-4-12-24/h1-12,21H,13H2,(H,22,25)(H,23,26). The molecule has 0 bridgehead atoms. The number of aromatic nitrogens is 1. The van der Waals surface area contributed by atoms with Crippen LogP contribution in [0.3, 0.4) is 0 Å². The van der Waals surface area contributed by atoms with Crippen LogP contribution >= 0.6 is 0 Å². The molecular formula is C19H17FN4O4S. The van der Waals surface area contributed by atoms with E-state index in [1.807, 2.05) is 12.1 Å². The van der Waals surface area contributed by atoms with E-state index in [2.05, 4.69) is 15.6 Å². The molecule has 29 heavy (non-hydrogen) atoms. The Labute approximate surface area is 166 Å². The Balaban J connectivity index is 1.57. The summed E-state index contributed by atoms with van der Waals surface area (Å²) in [7, 11) is -3.99. The predicted molar refractivity (Wildman–Crippen MR) is 103 cm³/mol. The number of hydrogen-bond acceptors (Lipinski definition) is 4. The molecule has 2 amide bonds. The van der Waals surface area contributed by atoms with Crippen molar-refractivity contribution in [3.63, 3.8) is 0 Å². The van der Waals surface area contributed by atoms with Crippen LogP contribution in [0.4, 0.5) is 4.39 Å². The first kappa shape index (κ1) is 20.2. The van der Waals surface area contributed by atoms with Crippen molar-refractivity contribution in [3.8, 4) is 5.69 Å². The van der Waals surface area contributed by atoms with Crippen molar-refractivity contribution in [1.29, 1.82) is 0 Å². The summed E-state index contributed by atoms with van der Waals surface area (Å²) in [6, 6.07) is 14.6. The van der Waals surface area contributed by atoms with Crippen LogP contribution in [0.25, 0.3) is 5.69 Å². The average Bonchev–Trinajstić information content (AvgIpc) is 3.25. The fraction of sp³-hybridized carbons (Fsp3) is 0.0526. The number of nitrogens with zero attached hydrogens (tertiary/aromatic N) is 1. The van der Waals surface area contributed by atoms with Gasteiger partial charge in [0.1, 0.15) is 5.82 Å². The largest absolute Gasteiger partial charge is 0.323 e. The zero-order chi connectivity index (χ0) is 20.9. The van der Waals surface area contributed by atoms with Crippen LogP contribution < -0.4 is 15.6 Å². The average molecular weight is 416 g/mol. The fourth-order valence-electron chi connectivity index (χ4n) is 2.48. The maximum atomic E-state index is 12.9. The molecule has 2 aromatic carbocycles. The van der Waals surface area contributed by atoms with Gasteiger partial charge in [0.15, 0.2) is 0 Å². The number of para-hydroxylation sites is 1. The molecule has 3 rings (SSSR count). The van der Waals surface area contributed by atoms with E-state index in [1.54, 1.807) is 41.2 Å². The smallest absolute Gasteiger partial charge is 0.271 e. The normalized spacial score (nSPS) is 11.1. The molecule has 3 N–H and O–H groups in total. The molecule has 10 heteroatoms. The Morgan fingerprint density at radius 3 is 2.24 bits per heavy atom. The number of benzene rings is 2. The maximum Gasteiger partial charge on any atom is 0.271 e. The van der Waals surface area contributed by atoms with E-state index in [4.69, 9.17) is 0 Å². The SMILES string of the molecule is O=C(CNS(=O)(=O)c1ccc(F)cc1)NNC(=O)c1ccccc1-n1cccc1. The van der Waals surface area contributed by atoms with Crippen molar-refractivity contribution in [1.82, 2.24) is 20.1 Å². The van der Waals surface area contributed by atoms with E-state index in [-0.39, 0.29) is 4.90 Å². The molecule has 0 radical (unpaired) electrons. The molecule has 0 aliphatic rings. The lowest BCUT2D eigenvalue weighted by Crippen LogP contribution is -2.46. The van der Waals surface area contributed by atoms with Gasteiger partial charge in [-0.2, -0.15) is 0 Å². The van der Waals surface area contributed by atoms with Crippen molar-refractivity contribution >= 4 is 21.8 Å².